The average molecular weight is 264 g/mol. The zero-order valence-corrected chi connectivity index (χ0v) is 11.4. The van der Waals surface area contributed by atoms with Crippen molar-refractivity contribution in [1.29, 1.82) is 0 Å². The van der Waals surface area contributed by atoms with Crippen LogP contribution in [0.2, 0.25) is 0 Å². The highest BCUT2D eigenvalue weighted by Gasteiger charge is 2.16. The van der Waals surface area contributed by atoms with E-state index >= 15 is 0 Å². The van der Waals surface area contributed by atoms with Crippen LogP contribution in [0.4, 0.5) is 0 Å². The smallest absolute Gasteiger partial charge is 0.189 e. The molecule has 0 saturated heterocycles. The first-order valence-electron chi connectivity index (χ1n) is 6.78. The standard InChI is InChI=1S/C18H16O2/c1-13-6-2-4-8-15(13)17(19)12-18-16-9-5-3-7-14(16)10-11-20-18/h2-9,12H,10-11H2,1H3/b18-12-. The van der Waals surface area contributed by atoms with Crippen molar-refractivity contribution in [2.45, 2.75) is 13.3 Å². The lowest BCUT2D eigenvalue weighted by molar-refractivity contribution is 0.104. The van der Waals surface area contributed by atoms with E-state index in [9.17, 15) is 4.79 Å². The third kappa shape index (κ3) is 2.37. The van der Waals surface area contributed by atoms with E-state index in [4.69, 9.17) is 4.74 Å². The minimum absolute atomic E-state index is 0.00481. The number of hydrogen-bond donors (Lipinski definition) is 0. The molecule has 2 aromatic carbocycles. The van der Waals surface area contributed by atoms with Crippen molar-refractivity contribution in [3.63, 3.8) is 0 Å². The fourth-order valence-electron chi connectivity index (χ4n) is 2.49. The summed E-state index contributed by atoms with van der Waals surface area (Å²) < 4.78 is 5.68. The van der Waals surface area contributed by atoms with Gasteiger partial charge in [0.25, 0.3) is 0 Å². The highest BCUT2D eigenvalue weighted by Crippen LogP contribution is 2.26. The Balaban J connectivity index is 1.98. The molecule has 0 aromatic heterocycles. The van der Waals surface area contributed by atoms with Gasteiger partial charge in [-0.15, -0.1) is 0 Å². The van der Waals surface area contributed by atoms with Crippen LogP contribution in [0, 0.1) is 6.92 Å². The maximum Gasteiger partial charge on any atom is 0.189 e. The van der Waals surface area contributed by atoms with Crippen molar-refractivity contribution in [3.05, 3.63) is 76.9 Å². The SMILES string of the molecule is Cc1ccccc1C(=O)/C=C1\OCCc2ccccc21. The fourth-order valence-corrected chi connectivity index (χ4v) is 2.49. The van der Waals surface area contributed by atoms with E-state index in [0.29, 0.717) is 12.4 Å². The molecule has 0 N–H and O–H groups in total. The number of hydrogen-bond acceptors (Lipinski definition) is 2. The van der Waals surface area contributed by atoms with Crippen LogP contribution in [0.25, 0.3) is 5.76 Å². The van der Waals surface area contributed by atoms with Crippen molar-refractivity contribution in [2.75, 3.05) is 6.61 Å². The summed E-state index contributed by atoms with van der Waals surface area (Å²) in [6.07, 6.45) is 2.51. The van der Waals surface area contributed by atoms with E-state index < -0.39 is 0 Å². The second-order valence-corrected chi connectivity index (χ2v) is 4.94. The van der Waals surface area contributed by atoms with Crippen LogP contribution in [0.1, 0.15) is 27.0 Å². The summed E-state index contributed by atoms with van der Waals surface area (Å²) in [5.74, 6) is 0.676. The lowest BCUT2D eigenvalue weighted by atomic mass is 9.98. The molecule has 2 aromatic rings. The highest BCUT2D eigenvalue weighted by molar-refractivity contribution is 6.08. The van der Waals surface area contributed by atoms with E-state index in [2.05, 4.69) is 6.07 Å². The molecule has 1 aliphatic rings. The summed E-state index contributed by atoms with van der Waals surface area (Å²) in [5, 5.41) is 0. The Kier molecular flexibility index (Phi) is 3.38. The van der Waals surface area contributed by atoms with Gasteiger partial charge < -0.3 is 4.74 Å². The van der Waals surface area contributed by atoms with Gasteiger partial charge in [-0.2, -0.15) is 0 Å². The molecule has 0 fully saturated rings. The monoisotopic (exact) mass is 264 g/mol. The number of benzene rings is 2. The second-order valence-electron chi connectivity index (χ2n) is 4.94. The molecule has 0 spiro atoms. The summed E-state index contributed by atoms with van der Waals surface area (Å²) in [6.45, 7) is 2.57. The molecule has 0 atom stereocenters. The molecule has 2 heteroatoms. The predicted molar refractivity (Wildman–Crippen MR) is 79.6 cm³/mol. The molecule has 1 aliphatic heterocycles. The molecule has 2 nitrogen and oxygen atoms in total. The first-order chi connectivity index (χ1) is 9.75. The van der Waals surface area contributed by atoms with Gasteiger partial charge in [0.2, 0.25) is 0 Å². The second kappa shape index (κ2) is 5.33. The van der Waals surface area contributed by atoms with E-state index in [-0.39, 0.29) is 5.78 Å². The van der Waals surface area contributed by atoms with Gasteiger partial charge in [-0.05, 0) is 18.1 Å². The van der Waals surface area contributed by atoms with Crippen LogP contribution in [-0.4, -0.2) is 12.4 Å². The third-order valence-corrected chi connectivity index (χ3v) is 3.58. The van der Waals surface area contributed by atoms with Gasteiger partial charge in [-0.25, -0.2) is 0 Å². The predicted octanol–water partition coefficient (Wildman–Crippen LogP) is 3.79. The molecule has 20 heavy (non-hydrogen) atoms. The van der Waals surface area contributed by atoms with Gasteiger partial charge in [-0.1, -0.05) is 48.5 Å². The van der Waals surface area contributed by atoms with E-state index in [0.717, 1.165) is 23.1 Å². The number of carbonyl (C=O) groups excluding carboxylic acids is 1. The van der Waals surface area contributed by atoms with E-state index in [1.807, 2.05) is 49.4 Å². The van der Waals surface area contributed by atoms with E-state index in [1.165, 1.54) is 5.56 Å². The maximum atomic E-state index is 12.4. The number of rotatable bonds is 2. The van der Waals surface area contributed by atoms with Gasteiger partial charge in [0.15, 0.2) is 5.78 Å². The van der Waals surface area contributed by atoms with Crippen LogP contribution in [0.5, 0.6) is 0 Å². The summed E-state index contributed by atoms with van der Waals surface area (Å²) in [4.78, 5) is 12.4. The molecule has 0 aliphatic carbocycles. The Labute approximate surface area is 118 Å². The van der Waals surface area contributed by atoms with Crippen LogP contribution < -0.4 is 0 Å². The fraction of sp³-hybridized carbons (Fsp3) is 0.167. The van der Waals surface area contributed by atoms with Gasteiger partial charge in [-0.3, -0.25) is 4.79 Å². The number of ketones is 1. The molecule has 3 rings (SSSR count). The number of ether oxygens (including phenoxy) is 1. The summed E-state index contributed by atoms with van der Waals surface area (Å²) >= 11 is 0. The van der Waals surface area contributed by atoms with Gasteiger partial charge >= 0.3 is 0 Å². The zero-order valence-electron chi connectivity index (χ0n) is 11.4. The molecule has 0 radical (unpaired) electrons. The Bertz CT molecular complexity index is 683. The Morgan fingerprint density at radius 2 is 1.85 bits per heavy atom. The van der Waals surface area contributed by atoms with Crippen LogP contribution in [-0.2, 0) is 11.2 Å². The molecular formula is C18H16O2. The lowest BCUT2D eigenvalue weighted by Crippen LogP contribution is -2.10. The molecule has 0 unspecified atom stereocenters. The summed E-state index contributed by atoms with van der Waals surface area (Å²) in [5.41, 5.74) is 3.98. The van der Waals surface area contributed by atoms with E-state index in [1.54, 1.807) is 6.08 Å². The zero-order chi connectivity index (χ0) is 13.9. The van der Waals surface area contributed by atoms with Gasteiger partial charge in [0, 0.05) is 23.6 Å². The number of carbonyl (C=O) groups is 1. The normalized spacial score (nSPS) is 15.6. The Morgan fingerprint density at radius 3 is 2.70 bits per heavy atom. The van der Waals surface area contributed by atoms with Crippen LogP contribution in [0.15, 0.2) is 54.6 Å². The van der Waals surface area contributed by atoms with Crippen molar-refractivity contribution < 1.29 is 9.53 Å². The Hall–Kier alpha value is -2.35. The maximum absolute atomic E-state index is 12.4. The molecule has 1 heterocycles. The largest absolute Gasteiger partial charge is 0.492 e. The molecule has 0 saturated carbocycles. The summed E-state index contributed by atoms with van der Waals surface area (Å²) in [7, 11) is 0. The summed E-state index contributed by atoms with van der Waals surface area (Å²) in [6, 6.07) is 15.7. The molecule has 100 valence electrons. The molecule has 0 amide bonds. The minimum atomic E-state index is -0.00481. The number of fused-ring (bicyclic) bond motifs is 1. The first kappa shape index (κ1) is 12.7. The quantitative estimate of drug-likeness (QED) is 0.609. The highest BCUT2D eigenvalue weighted by atomic mass is 16.5. The van der Waals surface area contributed by atoms with Crippen molar-refractivity contribution in [1.82, 2.24) is 0 Å². The lowest BCUT2D eigenvalue weighted by Gasteiger charge is -2.20. The number of allylic oxidation sites excluding steroid dienone is 1. The first-order valence-corrected chi connectivity index (χ1v) is 6.78. The van der Waals surface area contributed by atoms with Crippen molar-refractivity contribution >= 4 is 11.5 Å². The topological polar surface area (TPSA) is 26.3 Å². The van der Waals surface area contributed by atoms with Crippen LogP contribution in [0.3, 0.4) is 0 Å². The number of aryl methyl sites for hydroxylation is 1. The van der Waals surface area contributed by atoms with Gasteiger partial charge in [0.05, 0.1) is 6.61 Å². The molecular weight excluding hydrogens is 248 g/mol. The molecule has 0 bridgehead atoms. The van der Waals surface area contributed by atoms with Gasteiger partial charge in [0.1, 0.15) is 5.76 Å². The third-order valence-electron chi connectivity index (χ3n) is 3.58. The van der Waals surface area contributed by atoms with Crippen LogP contribution >= 0.6 is 0 Å². The minimum Gasteiger partial charge on any atom is -0.492 e. The Morgan fingerprint density at radius 1 is 1.10 bits per heavy atom. The van der Waals surface area contributed by atoms with Crippen molar-refractivity contribution in [2.24, 2.45) is 0 Å². The van der Waals surface area contributed by atoms with Crippen molar-refractivity contribution in [3.8, 4) is 0 Å². The average Bonchev–Trinajstić information content (AvgIpc) is 2.48.